The monoisotopic (exact) mass is 533 g/mol. The summed E-state index contributed by atoms with van der Waals surface area (Å²) in [6.45, 7) is 1.21. The Labute approximate surface area is 210 Å². The number of rotatable bonds is 6. The van der Waals surface area contributed by atoms with E-state index in [1.165, 1.54) is 31.2 Å². The van der Waals surface area contributed by atoms with E-state index >= 15 is 0 Å². The molecule has 0 radical (unpaired) electrons. The molecule has 2 aliphatic heterocycles. The molecular formula is C22H28ClNO12. The van der Waals surface area contributed by atoms with Crippen LogP contribution in [0.2, 0.25) is 0 Å². The van der Waals surface area contributed by atoms with Gasteiger partial charge in [-0.1, -0.05) is 17.7 Å². The number of aromatic hydroxyl groups is 1. The molecule has 36 heavy (non-hydrogen) atoms. The summed E-state index contributed by atoms with van der Waals surface area (Å²) in [7, 11) is 0. The van der Waals surface area contributed by atoms with E-state index in [-0.39, 0.29) is 23.1 Å². The minimum absolute atomic E-state index is 0.106. The lowest BCUT2D eigenvalue weighted by molar-refractivity contribution is -0.154. The maximum absolute atomic E-state index is 12.6. The number of hydrogen-bond donors (Lipinski definition) is 8. The summed E-state index contributed by atoms with van der Waals surface area (Å²) < 4.78 is 21.1. The van der Waals surface area contributed by atoms with Gasteiger partial charge in [0.15, 0.2) is 11.5 Å². The smallest absolute Gasteiger partial charge is 0.263 e. The largest absolute Gasteiger partial charge is 0.504 e. The molecule has 2 saturated heterocycles. The number of aliphatic hydroxyl groups is 6. The molecule has 3 fully saturated rings. The van der Waals surface area contributed by atoms with Crippen molar-refractivity contribution in [3.05, 3.63) is 28.8 Å². The third-order valence-electron chi connectivity index (χ3n) is 6.37. The molecule has 1 aromatic carbocycles. The zero-order chi connectivity index (χ0) is 26.3. The van der Waals surface area contributed by atoms with Crippen molar-refractivity contribution < 1.29 is 59.5 Å². The standard InChI is InChI=1S/C22H28ClNO12/c1-7(25)18-16(30)17(31)22(36-18)35-11-3-2-8(5-10(11)26)4-9(23)21(32)24-12-13(27)15(29)20-19(14(12)28)33-6-34-20/h2-5,7,12-20,22,25-31H,6H2,1H3,(H,24,32)/b9-4-/t7-,12-,13+,14-,15-,16+,17+,18-,19+,20-,22-/m1/s1. The van der Waals surface area contributed by atoms with Crippen LogP contribution in [0.4, 0.5) is 0 Å². The molecule has 0 bridgehead atoms. The van der Waals surface area contributed by atoms with Crippen molar-refractivity contribution in [2.75, 3.05) is 6.79 Å². The zero-order valence-electron chi connectivity index (χ0n) is 18.9. The van der Waals surface area contributed by atoms with Crippen molar-refractivity contribution >= 4 is 23.6 Å². The lowest BCUT2D eigenvalue weighted by Gasteiger charge is -2.41. The highest BCUT2D eigenvalue weighted by atomic mass is 35.5. The van der Waals surface area contributed by atoms with Crippen LogP contribution in [-0.2, 0) is 19.0 Å². The molecule has 1 aromatic rings. The van der Waals surface area contributed by atoms with Gasteiger partial charge in [0, 0.05) is 0 Å². The van der Waals surface area contributed by atoms with Crippen LogP contribution in [0.15, 0.2) is 23.2 Å². The van der Waals surface area contributed by atoms with Crippen LogP contribution >= 0.6 is 11.6 Å². The molecule has 0 aromatic heterocycles. The summed E-state index contributed by atoms with van der Waals surface area (Å²) >= 11 is 6.09. The number of benzene rings is 1. The van der Waals surface area contributed by atoms with Crippen LogP contribution in [0.1, 0.15) is 12.5 Å². The van der Waals surface area contributed by atoms with Crippen molar-refractivity contribution in [2.24, 2.45) is 0 Å². The quantitative estimate of drug-likeness (QED) is 0.178. The van der Waals surface area contributed by atoms with Crippen molar-refractivity contribution in [3.8, 4) is 11.5 Å². The number of fused-ring (bicyclic) bond motifs is 1. The van der Waals surface area contributed by atoms with Crippen LogP contribution < -0.4 is 10.1 Å². The first-order valence-electron chi connectivity index (χ1n) is 11.1. The van der Waals surface area contributed by atoms with Crippen molar-refractivity contribution in [1.29, 1.82) is 0 Å². The number of carbonyl (C=O) groups is 1. The topological polar surface area (TPSA) is 208 Å². The van der Waals surface area contributed by atoms with E-state index in [2.05, 4.69) is 5.32 Å². The third kappa shape index (κ3) is 5.17. The van der Waals surface area contributed by atoms with Gasteiger partial charge < -0.3 is 60.0 Å². The Bertz CT molecular complexity index is 992. The molecular weight excluding hydrogens is 506 g/mol. The molecule has 0 unspecified atom stereocenters. The molecule has 3 aliphatic rings. The molecule has 14 heteroatoms. The van der Waals surface area contributed by atoms with Crippen LogP contribution in [-0.4, -0.2) is 116 Å². The first-order chi connectivity index (χ1) is 17.0. The average Bonchev–Trinajstić information content (AvgIpc) is 3.43. The fourth-order valence-corrected chi connectivity index (χ4v) is 4.59. The number of phenolic OH excluding ortho intramolecular Hbond substituents is 1. The zero-order valence-corrected chi connectivity index (χ0v) is 19.7. The summed E-state index contributed by atoms with van der Waals surface area (Å²) in [5.41, 5.74) is 0.271. The highest BCUT2D eigenvalue weighted by Crippen LogP contribution is 2.33. The SMILES string of the molecule is C[C@@H](O)[C@H]1O[C@@H](Oc2ccc(/C=C(\Cl)C(=O)N[C@@H]3[C@H](O)[C@@H](O)[C@H]4OCO[C@H]4[C@@H]3O)cc2O)[C@@H](O)[C@@H]1O. The Morgan fingerprint density at radius 3 is 2.36 bits per heavy atom. The molecule has 2 heterocycles. The Hall–Kier alpha value is -2.04. The lowest BCUT2D eigenvalue weighted by Crippen LogP contribution is -2.67. The Balaban J connectivity index is 1.41. The highest BCUT2D eigenvalue weighted by Gasteiger charge is 2.53. The van der Waals surface area contributed by atoms with E-state index in [0.717, 1.165) is 0 Å². The number of carbonyl (C=O) groups excluding carboxylic acids is 1. The maximum Gasteiger partial charge on any atom is 0.263 e. The second kappa shape index (κ2) is 10.8. The van der Waals surface area contributed by atoms with Crippen LogP contribution in [0.3, 0.4) is 0 Å². The second-order valence-corrected chi connectivity index (χ2v) is 9.29. The first kappa shape index (κ1) is 27.0. The van der Waals surface area contributed by atoms with Crippen molar-refractivity contribution in [3.63, 3.8) is 0 Å². The number of aliphatic hydroxyl groups excluding tert-OH is 6. The fraction of sp³-hybridized carbons (Fsp3) is 0.591. The summed E-state index contributed by atoms with van der Waals surface area (Å²) in [5, 5.41) is 72.9. The van der Waals surface area contributed by atoms with E-state index in [0.29, 0.717) is 0 Å². The average molecular weight is 534 g/mol. The molecule has 4 rings (SSSR count). The van der Waals surface area contributed by atoms with Gasteiger partial charge in [0.05, 0.1) is 12.1 Å². The number of nitrogens with one attached hydrogen (secondary N) is 1. The van der Waals surface area contributed by atoms with Crippen LogP contribution in [0.5, 0.6) is 11.5 Å². The van der Waals surface area contributed by atoms with Gasteiger partial charge in [-0.05, 0) is 30.7 Å². The first-order valence-corrected chi connectivity index (χ1v) is 11.5. The molecule has 1 amide bonds. The third-order valence-corrected chi connectivity index (χ3v) is 6.65. The van der Waals surface area contributed by atoms with Gasteiger partial charge in [0.2, 0.25) is 6.29 Å². The summed E-state index contributed by atoms with van der Waals surface area (Å²) in [6.07, 6.45) is -11.4. The molecule has 0 spiro atoms. The predicted molar refractivity (Wildman–Crippen MR) is 119 cm³/mol. The molecule has 8 N–H and O–H groups in total. The number of phenols is 1. The lowest BCUT2D eigenvalue weighted by atomic mass is 9.83. The summed E-state index contributed by atoms with van der Waals surface area (Å²) in [6, 6.07) is 2.65. The van der Waals surface area contributed by atoms with Gasteiger partial charge >= 0.3 is 0 Å². The Morgan fingerprint density at radius 1 is 1.08 bits per heavy atom. The second-order valence-electron chi connectivity index (χ2n) is 8.88. The predicted octanol–water partition coefficient (Wildman–Crippen LogP) is -2.50. The van der Waals surface area contributed by atoms with E-state index < -0.39 is 78.9 Å². The van der Waals surface area contributed by atoms with Crippen LogP contribution in [0.25, 0.3) is 6.08 Å². The number of ether oxygens (including phenoxy) is 4. The van der Waals surface area contributed by atoms with Crippen molar-refractivity contribution in [1.82, 2.24) is 5.32 Å². The minimum atomic E-state index is -1.54. The summed E-state index contributed by atoms with van der Waals surface area (Å²) in [5.74, 6) is -1.37. The Kier molecular flexibility index (Phi) is 8.07. The molecule has 13 nitrogen and oxygen atoms in total. The van der Waals surface area contributed by atoms with Crippen molar-refractivity contribution in [2.45, 2.75) is 74.2 Å². The number of halogens is 1. The minimum Gasteiger partial charge on any atom is -0.504 e. The van der Waals surface area contributed by atoms with Gasteiger partial charge in [0.1, 0.15) is 60.7 Å². The van der Waals surface area contributed by atoms with Crippen LogP contribution in [0, 0.1) is 0 Å². The molecule has 11 atom stereocenters. The molecule has 1 saturated carbocycles. The van der Waals surface area contributed by atoms with E-state index in [1.54, 1.807) is 0 Å². The van der Waals surface area contributed by atoms with Gasteiger partial charge in [-0.25, -0.2) is 0 Å². The maximum atomic E-state index is 12.6. The van der Waals surface area contributed by atoms with Gasteiger partial charge in [0.25, 0.3) is 5.91 Å². The van der Waals surface area contributed by atoms with Gasteiger partial charge in [-0.3, -0.25) is 4.79 Å². The fourth-order valence-electron chi connectivity index (χ4n) is 4.40. The molecule has 1 aliphatic carbocycles. The number of amides is 1. The summed E-state index contributed by atoms with van der Waals surface area (Å²) in [4.78, 5) is 12.6. The number of hydrogen-bond acceptors (Lipinski definition) is 12. The highest BCUT2D eigenvalue weighted by molar-refractivity contribution is 6.44. The van der Waals surface area contributed by atoms with E-state index in [1.807, 2.05) is 0 Å². The van der Waals surface area contributed by atoms with E-state index in [9.17, 15) is 40.5 Å². The van der Waals surface area contributed by atoms with E-state index in [4.69, 9.17) is 30.5 Å². The molecule has 200 valence electrons. The Morgan fingerprint density at radius 2 is 1.75 bits per heavy atom. The van der Waals surface area contributed by atoms with Gasteiger partial charge in [-0.15, -0.1) is 0 Å². The van der Waals surface area contributed by atoms with Gasteiger partial charge in [-0.2, -0.15) is 0 Å². The normalized spacial score (nSPS) is 39.5.